The van der Waals surface area contributed by atoms with E-state index in [-0.39, 0.29) is 12.0 Å². The molecule has 2 N–H and O–H groups in total. The molecule has 3 atom stereocenters. The van der Waals surface area contributed by atoms with E-state index in [4.69, 9.17) is 10.3 Å². The summed E-state index contributed by atoms with van der Waals surface area (Å²) in [6.45, 7) is 10.5. The van der Waals surface area contributed by atoms with Crippen molar-refractivity contribution in [3.63, 3.8) is 0 Å². The average Bonchev–Trinajstić information content (AvgIpc) is 2.64. The van der Waals surface area contributed by atoms with Crippen LogP contribution in [-0.2, 0) is 0 Å². The molecular formula is C12H23N3O. The van der Waals surface area contributed by atoms with E-state index in [1.165, 1.54) is 0 Å². The average molecular weight is 225 g/mol. The van der Waals surface area contributed by atoms with E-state index in [0.717, 1.165) is 12.2 Å². The van der Waals surface area contributed by atoms with Crippen LogP contribution in [0.25, 0.3) is 0 Å². The summed E-state index contributed by atoms with van der Waals surface area (Å²) in [5, 5.41) is 4.03. The molecule has 92 valence electrons. The Labute approximate surface area is 97.6 Å². The van der Waals surface area contributed by atoms with Crippen molar-refractivity contribution in [2.24, 2.45) is 11.7 Å². The highest BCUT2D eigenvalue weighted by molar-refractivity contribution is 5.01. The van der Waals surface area contributed by atoms with Crippen LogP contribution in [0.2, 0.25) is 0 Å². The normalized spacial score (nSPS) is 17.4. The Morgan fingerprint density at radius 2 is 1.88 bits per heavy atom. The molecule has 0 bridgehead atoms. The third kappa shape index (κ3) is 2.82. The minimum absolute atomic E-state index is 0.0326. The van der Waals surface area contributed by atoms with Gasteiger partial charge in [-0.15, -0.1) is 0 Å². The molecule has 0 radical (unpaired) electrons. The summed E-state index contributed by atoms with van der Waals surface area (Å²) in [6.07, 6.45) is 1.02. The van der Waals surface area contributed by atoms with Gasteiger partial charge in [0.05, 0.1) is 5.92 Å². The molecule has 1 heterocycles. The molecular weight excluding hydrogens is 202 g/mol. The molecule has 0 fully saturated rings. The first kappa shape index (κ1) is 13.2. The van der Waals surface area contributed by atoms with Crippen LogP contribution in [0.15, 0.2) is 4.52 Å². The summed E-state index contributed by atoms with van der Waals surface area (Å²) in [5.41, 5.74) is 5.96. The van der Waals surface area contributed by atoms with E-state index in [1.807, 2.05) is 6.92 Å². The number of hydrogen-bond acceptors (Lipinski definition) is 4. The Morgan fingerprint density at radius 1 is 1.25 bits per heavy atom. The van der Waals surface area contributed by atoms with Crippen molar-refractivity contribution in [2.45, 2.75) is 58.9 Å². The highest BCUT2D eigenvalue weighted by Gasteiger charge is 2.26. The van der Waals surface area contributed by atoms with Crippen molar-refractivity contribution in [1.29, 1.82) is 0 Å². The zero-order chi connectivity index (χ0) is 12.3. The summed E-state index contributed by atoms with van der Waals surface area (Å²) in [7, 11) is 0. The quantitative estimate of drug-likeness (QED) is 0.836. The van der Waals surface area contributed by atoms with Crippen LogP contribution in [0.4, 0.5) is 0 Å². The second-order valence-corrected chi connectivity index (χ2v) is 4.93. The first-order chi connectivity index (χ1) is 7.47. The van der Waals surface area contributed by atoms with Crippen LogP contribution in [0.5, 0.6) is 0 Å². The minimum atomic E-state index is 0.0326. The second kappa shape index (κ2) is 5.43. The van der Waals surface area contributed by atoms with Gasteiger partial charge < -0.3 is 10.3 Å². The van der Waals surface area contributed by atoms with Gasteiger partial charge >= 0.3 is 0 Å². The van der Waals surface area contributed by atoms with E-state index in [9.17, 15) is 0 Å². The predicted molar refractivity (Wildman–Crippen MR) is 64.2 cm³/mol. The number of aromatic nitrogens is 2. The number of nitrogens with zero attached hydrogens (tertiary/aromatic N) is 2. The van der Waals surface area contributed by atoms with E-state index in [2.05, 4.69) is 37.8 Å². The van der Waals surface area contributed by atoms with Gasteiger partial charge in [-0.05, 0) is 19.3 Å². The Balaban J connectivity index is 2.90. The molecule has 0 spiro atoms. The molecule has 0 aliphatic rings. The maximum atomic E-state index is 5.96. The van der Waals surface area contributed by atoms with Crippen molar-refractivity contribution < 1.29 is 4.52 Å². The zero-order valence-corrected chi connectivity index (χ0v) is 10.9. The molecule has 0 aromatic carbocycles. The van der Waals surface area contributed by atoms with Crippen LogP contribution in [0.3, 0.4) is 0 Å². The molecule has 0 aliphatic heterocycles. The molecule has 0 amide bonds. The van der Waals surface area contributed by atoms with Gasteiger partial charge in [0.25, 0.3) is 0 Å². The van der Waals surface area contributed by atoms with Crippen LogP contribution in [0.1, 0.15) is 64.6 Å². The molecule has 0 saturated heterocycles. The fraction of sp³-hybridized carbons (Fsp3) is 0.833. The Kier molecular flexibility index (Phi) is 4.47. The van der Waals surface area contributed by atoms with E-state index in [1.54, 1.807) is 0 Å². The second-order valence-electron chi connectivity index (χ2n) is 4.93. The summed E-state index contributed by atoms with van der Waals surface area (Å²) in [5.74, 6) is 2.37. The lowest BCUT2D eigenvalue weighted by molar-refractivity contribution is 0.298. The Hall–Kier alpha value is -0.900. The maximum absolute atomic E-state index is 5.96. The topological polar surface area (TPSA) is 64.9 Å². The lowest BCUT2D eigenvalue weighted by Gasteiger charge is -2.20. The summed E-state index contributed by atoms with van der Waals surface area (Å²) >= 11 is 0. The van der Waals surface area contributed by atoms with Gasteiger partial charge in [0.1, 0.15) is 0 Å². The lowest BCUT2D eigenvalue weighted by Crippen LogP contribution is -2.28. The third-order valence-electron chi connectivity index (χ3n) is 3.08. The van der Waals surface area contributed by atoms with Crippen molar-refractivity contribution >= 4 is 0 Å². The van der Waals surface area contributed by atoms with Crippen molar-refractivity contribution in [1.82, 2.24) is 10.1 Å². The van der Waals surface area contributed by atoms with Crippen molar-refractivity contribution in [2.75, 3.05) is 0 Å². The molecule has 1 aromatic rings. The van der Waals surface area contributed by atoms with Gasteiger partial charge in [0, 0.05) is 12.0 Å². The predicted octanol–water partition coefficient (Wildman–Crippen LogP) is 2.67. The van der Waals surface area contributed by atoms with Crippen molar-refractivity contribution in [3.8, 4) is 0 Å². The molecule has 1 rings (SSSR count). The first-order valence-electron chi connectivity index (χ1n) is 6.06. The molecule has 1 aromatic heterocycles. The fourth-order valence-corrected chi connectivity index (χ4v) is 1.88. The number of rotatable bonds is 5. The van der Waals surface area contributed by atoms with E-state index in [0.29, 0.717) is 17.7 Å². The fourth-order valence-electron chi connectivity index (χ4n) is 1.88. The minimum Gasteiger partial charge on any atom is -0.339 e. The summed E-state index contributed by atoms with van der Waals surface area (Å²) in [4.78, 5) is 4.47. The molecule has 4 nitrogen and oxygen atoms in total. The summed E-state index contributed by atoms with van der Waals surface area (Å²) < 4.78 is 5.33. The maximum Gasteiger partial charge on any atom is 0.231 e. The number of hydrogen-bond donors (Lipinski definition) is 1. The standard InChI is InChI=1S/C12H23N3O/c1-6-8(4)11-14-12(16-15-11)10(7(2)3)9(5)13/h7-10H,6,13H2,1-5H3. The van der Waals surface area contributed by atoms with Gasteiger partial charge in [-0.3, -0.25) is 0 Å². The largest absolute Gasteiger partial charge is 0.339 e. The third-order valence-corrected chi connectivity index (χ3v) is 3.08. The van der Waals surface area contributed by atoms with Crippen molar-refractivity contribution in [3.05, 3.63) is 11.7 Å². The molecule has 0 aliphatic carbocycles. The highest BCUT2D eigenvalue weighted by Crippen LogP contribution is 2.27. The van der Waals surface area contributed by atoms with Crippen LogP contribution >= 0.6 is 0 Å². The molecule has 4 heteroatoms. The van der Waals surface area contributed by atoms with Gasteiger partial charge in [0.2, 0.25) is 5.89 Å². The molecule has 0 saturated carbocycles. The van der Waals surface area contributed by atoms with Crippen LogP contribution in [0, 0.1) is 5.92 Å². The Bertz CT molecular complexity index is 312. The van der Waals surface area contributed by atoms with Crippen LogP contribution in [-0.4, -0.2) is 16.2 Å². The van der Waals surface area contributed by atoms with Crippen LogP contribution < -0.4 is 5.73 Å². The highest BCUT2D eigenvalue weighted by atomic mass is 16.5. The smallest absolute Gasteiger partial charge is 0.231 e. The molecule has 16 heavy (non-hydrogen) atoms. The van der Waals surface area contributed by atoms with Gasteiger partial charge in [-0.2, -0.15) is 4.98 Å². The summed E-state index contributed by atoms with van der Waals surface area (Å²) in [6, 6.07) is 0.0326. The van der Waals surface area contributed by atoms with E-state index < -0.39 is 0 Å². The van der Waals surface area contributed by atoms with Gasteiger partial charge in [-0.25, -0.2) is 0 Å². The lowest BCUT2D eigenvalue weighted by atomic mass is 9.90. The Morgan fingerprint density at radius 3 is 2.31 bits per heavy atom. The zero-order valence-electron chi connectivity index (χ0n) is 10.9. The van der Waals surface area contributed by atoms with Gasteiger partial charge in [-0.1, -0.05) is 32.9 Å². The monoisotopic (exact) mass is 225 g/mol. The first-order valence-corrected chi connectivity index (χ1v) is 6.06. The molecule has 3 unspecified atom stereocenters. The van der Waals surface area contributed by atoms with Gasteiger partial charge in [0.15, 0.2) is 5.82 Å². The van der Waals surface area contributed by atoms with E-state index >= 15 is 0 Å². The number of nitrogens with two attached hydrogens (primary N) is 1. The SMILES string of the molecule is CCC(C)c1noc(C(C(C)C)C(C)N)n1.